The van der Waals surface area contributed by atoms with Gasteiger partial charge in [0.15, 0.2) is 0 Å². The summed E-state index contributed by atoms with van der Waals surface area (Å²) in [6, 6.07) is 18.5. The van der Waals surface area contributed by atoms with Crippen molar-refractivity contribution in [3.05, 3.63) is 88.4 Å². The molecule has 0 bridgehead atoms. The number of benzene rings is 3. The van der Waals surface area contributed by atoms with E-state index in [1.807, 2.05) is 24.3 Å². The monoisotopic (exact) mass is 614 g/mol. The first-order valence-electron chi connectivity index (χ1n) is 12.6. The molecule has 8 nitrogen and oxygen atoms in total. The van der Waals surface area contributed by atoms with Gasteiger partial charge in [-0.3, -0.25) is 4.57 Å². The molecule has 216 valence electrons. The topological polar surface area (TPSA) is 85.4 Å². The highest BCUT2D eigenvalue weighted by Crippen LogP contribution is 2.53. The van der Waals surface area contributed by atoms with Crippen LogP contribution in [0.3, 0.4) is 0 Å². The van der Waals surface area contributed by atoms with Crippen molar-refractivity contribution in [2.24, 2.45) is 0 Å². The molecule has 0 unspecified atom stereocenters. The van der Waals surface area contributed by atoms with Crippen LogP contribution in [0.4, 0.5) is 14.7 Å². The van der Waals surface area contributed by atoms with Crippen LogP contribution in [0.25, 0.3) is 0 Å². The van der Waals surface area contributed by atoms with Gasteiger partial charge in [-0.05, 0) is 69.3 Å². The Bertz CT molecular complexity index is 1460. The van der Waals surface area contributed by atoms with Crippen LogP contribution < -0.4 is 9.64 Å². The predicted molar refractivity (Wildman–Crippen MR) is 149 cm³/mol. The van der Waals surface area contributed by atoms with E-state index >= 15 is 0 Å². The Morgan fingerprint density at radius 2 is 1.60 bits per heavy atom. The second-order valence-corrected chi connectivity index (χ2v) is 13.6. The first-order valence-corrected chi connectivity index (χ1v) is 16.2. The van der Waals surface area contributed by atoms with E-state index in [2.05, 4.69) is 14.4 Å². The van der Waals surface area contributed by atoms with Crippen LogP contribution in [-0.4, -0.2) is 32.9 Å². The van der Waals surface area contributed by atoms with Crippen LogP contribution in [-0.2, 0) is 43.3 Å². The number of sulfonamides is 1. The van der Waals surface area contributed by atoms with E-state index in [0.717, 1.165) is 43.6 Å². The lowest BCUT2D eigenvalue weighted by atomic mass is 10.1. The molecule has 3 aromatic rings. The molecule has 0 N–H and O–H groups in total. The summed E-state index contributed by atoms with van der Waals surface area (Å²) in [5.74, 6) is 0.207. The second-order valence-electron chi connectivity index (χ2n) is 9.43. The van der Waals surface area contributed by atoms with Gasteiger partial charge < -0.3 is 9.64 Å². The molecule has 40 heavy (non-hydrogen) atoms. The zero-order valence-corrected chi connectivity index (χ0v) is 24.3. The minimum absolute atomic E-state index is 0.0109. The summed E-state index contributed by atoms with van der Waals surface area (Å²) in [4.78, 5) is 2.29. The van der Waals surface area contributed by atoms with Crippen molar-refractivity contribution in [3.8, 4) is 5.75 Å². The molecule has 0 amide bonds. The third-order valence-electron chi connectivity index (χ3n) is 6.77. The molecule has 0 aliphatic carbocycles. The van der Waals surface area contributed by atoms with Gasteiger partial charge in [0.1, 0.15) is 10.6 Å². The maximum Gasteiger partial charge on any atom is 0.399 e. The number of nitrogens with zero attached hydrogens (tertiary/aromatic N) is 2. The number of para-hydroxylation sites is 2. The smallest absolute Gasteiger partial charge is 0.399 e. The van der Waals surface area contributed by atoms with Crippen LogP contribution >= 0.6 is 19.2 Å². The van der Waals surface area contributed by atoms with Gasteiger partial charge >= 0.3 is 7.60 Å². The number of ether oxygens (including phenoxy) is 1. The minimum Gasteiger partial charge on any atom is -0.495 e. The lowest BCUT2D eigenvalue weighted by Crippen LogP contribution is -2.33. The van der Waals surface area contributed by atoms with Crippen LogP contribution in [0.2, 0.25) is 5.02 Å². The Balaban J connectivity index is 1.71. The molecular weight excluding hydrogens is 585 g/mol. The maximum atomic E-state index is 14.1. The summed E-state index contributed by atoms with van der Waals surface area (Å²) >= 11 is 6.33. The fourth-order valence-electron chi connectivity index (χ4n) is 4.76. The summed E-state index contributed by atoms with van der Waals surface area (Å²) in [6.45, 7) is 1.77. The van der Waals surface area contributed by atoms with Crippen LogP contribution in [0.1, 0.15) is 36.0 Å². The molecule has 3 aromatic carbocycles. The van der Waals surface area contributed by atoms with Crippen molar-refractivity contribution in [2.75, 3.05) is 25.1 Å². The number of hydrogen-bond acceptors (Lipinski definition) is 7. The average molecular weight is 615 g/mol. The van der Waals surface area contributed by atoms with Crippen LogP contribution in [0.5, 0.6) is 5.75 Å². The van der Waals surface area contributed by atoms with E-state index in [0.29, 0.717) is 5.56 Å². The standard InChI is InChI=1S/C27H30ClF2N2O6PS/c1-36-26-11-5-6-12-27(26)40(34,35)32(19-22-9-3-4-10-25(22)31-15-7-2-8-16-31)18-21-13-14-23(24(28)17-21)20-39(33,37-29)38-30/h3-6,9-14,17H,2,7-8,15-16,18-20H2,1H3. The molecule has 1 aliphatic heterocycles. The van der Waals surface area contributed by atoms with E-state index in [1.54, 1.807) is 24.3 Å². The summed E-state index contributed by atoms with van der Waals surface area (Å²) in [7, 11) is -7.33. The maximum absolute atomic E-state index is 14.1. The van der Waals surface area contributed by atoms with Crippen molar-refractivity contribution < 1.29 is 36.2 Å². The zero-order chi connectivity index (χ0) is 28.8. The predicted octanol–water partition coefficient (Wildman–Crippen LogP) is 7.23. The lowest BCUT2D eigenvalue weighted by Gasteiger charge is -2.32. The third kappa shape index (κ3) is 7.02. The molecule has 0 atom stereocenters. The van der Waals surface area contributed by atoms with Crippen molar-refractivity contribution in [1.82, 2.24) is 4.31 Å². The molecule has 0 aromatic heterocycles. The van der Waals surface area contributed by atoms with Crippen LogP contribution in [0.15, 0.2) is 71.6 Å². The van der Waals surface area contributed by atoms with E-state index in [9.17, 15) is 22.0 Å². The Morgan fingerprint density at radius 3 is 2.27 bits per heavy atom. The third-order valence-corrected chi connectivity index (χ3v) is 10.1. The van der Waals surface area contributed by atoms with E-state index in [-0.39, 0.29) is 34.3 Å². The van der Waals surface area contributed by atoms with Gasteiger partial charge in [-0.1, -0.05) is 54.1 Å². The highest BCUT2D eigenvalue weighted by molar-refractivity contribution is 7.89. The Hall–Kier alpha value is -2.53. The largest absolute Gasteiger partial charge is 0.495 e. The second kappa shape index (κ2) is 13.4. The highest BCUT2D eigenvalue weighted by Gasteiger charge is 2.31. The number of hydrogen-bond donors (Lipinski definition) is 0. The Kier molecular flexibility index (Phi) is 10.2. The van der Waals surface area contributed by atoms with Crippen molar-refractivity contribution in [3.63, 3.8) is 0 Å². The lowest BCUT2D eigenvalue weighted by molar-refractivity contribution is -0.0881. The fraction of sp³-hybridized carbons (Fsp3) is 0.333. The van der Waals surface area contributed by atoms with Gasteiger partial charge in [0, 0.05) is 36.9 Å². The number of anilines is 1. The van der Waals surface area contributed by atoms with Gasteiger partial charge in [0.25, 0.3) is 0 Å². The molecule has 13 heteroatoms. The summed E-state index contributed by atoms with van der Waals surface area (Å²) in [5.41, 5.74) is 2.43. The summed E-state index contributed by atoms with van der Waals surface area (Å²) in [6.07, 6.45) is 2.55. The van der Waals surface area contributed by atoms with E-state index in [1.165, 1.54) is 29.6 Å². The first kappa shape index (κ1) is 30.4. The molecule has 1 aliphatic rings. The molecule has 4 rings (SSSR count). The molecule has 0 spiro atoms. The van der Waals surface area contributed by atoms with Gasteiger partial charge in [-0.25, -0.2) is 8.42 Å². The van der Waals surface area contributed by atoms with Crippen molar-refractivity contribution in [1.29, 1.82) is 0 Å². The Morgan fingerprint density at radius 1 is 0.925 bits per heavy atom. The Labute approximate surface area is 237 Å². The quantitative estimate of drug-likeness (QED) is 0.199. The van der Waals surface area contributed by atoms with Crippen molar-refractivity contribution >= 4 is 34.9 Å². The van der Waals surface area contributed by atoms with Crippen molar-refractivity contribution in [2.45, 2.75) is 43.4 Å². The minimum atomic E-state index is -4.66. The molecule has 1 saturated heterocycles. The van der Waals surface area contributed by atoms with E-state index in [4.69, 9.17) is 16.3 Å². The van der Waals surface area contributed by atoms with Gasteiger partial charge in [0.05, 0.1) is 13.3 Å². The van der Waals surface area contributed by atoms with Crippen LogP contribution in [0, 0.1) is 0 Å². The number of halogens is 3. The normalized spacial score (nSPS) is 14.5. The number of rotatable bonds is 12. The fourth-order valence-corrected chi connectivity index (χ4v) is 7.50. The number of piperidine rings is 1. The summed E-state index contributed by atoms with van der Waals surface area (Å²) in [5, 5.41) is 0.0233. The summed E-state index contributed by atoms with van der Waals surface area (Å²) < 4.78 is 78.2. The average Bonchev–Trinajstić information content (AvgIpc) is 2.98. The van der Waals surface area contributed by atoms with Gasteiger partial charge in [-0.2, -0.15) is 4.31 Å². The molecular formula is C27H30ClF2N2O6PS. The molecule has 0 saturated carbocycles. The van der Waals surface area contributed by atoms with E-state index < -0.39 is 23.8 Å². The highest BCUT2D eigenvalue weighted by atomic mass is 35.5. The number of methoxy groups -OCH3 is 1. The van der Waals surface area contributed by atoms with Gasteiger partial charge in [0.2, 0.25) is 10.0 Å². The molecule has 1 heterocycles. The molecule has 1 fully saturated rings. The molecule has 0 radical (unpaired) electrons. The zero-order valence-electron chi connectivity index (χ0n) is 21.8. The van der Waals surface area contributed by atoms with Gasteiger partial charge in [-0.15, -0.1) is 9.46 Å². The first-order chi connectivity index (χ1) is 19.2. The SMILES string of the molecule is COc1ccccc1S(=O)(=O)N(Cc1ccc(CP(=O)(OF)OF)c(Cl)c1)Cc1ccccc1N1CCCCC1.